The molecule has 0 aromatic heterocycles. The van der Waals surface area contributed by atoms with Crippen LogP contribution in [-0.4, -0.2) is 31.9 Å². The number of rotatable bonds is 7. The third kappa shape index (κ3) is 5.16. The summed E-state index contributed by atoms with van der Waals surface area (Å²) in [7, 11) is 0. The van der Waals surface area contributed by atoms with E-state index in [9.17, 15) is 4.79 Å². The van der Waals surface area contributed by atoms with E-state index in [0.29, 0.717) is 18.2 Å². The number of esters is 1. The third-order valence-corrected chi connectivity index (χ3v) is 3.34. The van der Waals surface area contributed by atoms with E-state index in [2.05, 4.69) is 0 Å². The molecule has 0 unspecified atom stereocenters. The van der Waals surface area contributed by atoms with E-state index >= 15 is 0 Å². The quantitative estimate of drug-likeness (QED) is 0.440. The molecule has 21 heavy (non-hydrogen) atoms. The van der Waals surface area contributed by atoms with Crippen LogP contribution in [0.1, 0.15) is 31.1 Å². The summed E-state index contributed by atoms with van der Waals surface area (Å²) >= 11 is 6.02. The van der Waals surface area contributed by atoms with Crippen molar-refractivity contribution in [2.75, 3.05) is 19.8 Å². The minimum atomic E-state index is -0.372. The van der Waals surface area contributed by atoms with Gasteiger partial charge in [-0.05, 0) is 43.2 Å². The van der Waals surface area contributed by atoms with Crippen LogP contribution in [0.3, 0.4) is 0 Å². The minimum Gasteiger partial charge on any atom is -0.463 e. The Morgan fingerprint density at radius 2 is 2.33 bits per heavy atom. The topological polar surface area (TPSA) is 48.1 Å². The number of ether oxygens (including phenoxy) is 3. The fourth-order valence-corrected chi connectivity index (χ4v) is 2.09. The van der Waals surface area contributed by atoms with Gasteiger partial charge in [-0.2, -0.15) is 0 Å². The molecule has 0 spiro atoms. The van der Waals surface area contributed by atoms with Gasteiger partial charge in [-0.25, -0.2) is 4.79 Å². The molecule has 4 nitrogen and oxygen atoms in total. The van der Waals surface area contributed by atoms with Gasteiger partial charge < -0.3 is 14.2 Å². The van der Waals surface area contributed by atoms with E-state index in [-0.39, 0.29) is 18.2 Å². The highest BCUT2D eigenvalue weighted by Gasteiger charge is 2.24. The number of halogens is 1. The largest absolute Gasteiger partial charge is 0.463 e. The van der Waals surface area contributed by atoms with Crippen molar-refractivity contribution in [3.63, 3.8) is 0 Å². The lowest BCUT2D eigenvalue weighted by molar-refractivity contribution is -0.137. The Bertz CT molecular complexity index is 523. The minimum absolute atomic E-state index is 0.103. The van der Waals surface area contributed by atoms with Gasteiger partial charge in [0.25, 0.3) is 0 Å². The van der Waals surface area contributed by atoms with Gasteiger partial charge in [0.2, 0.25) is 0 Å². The Kier molecular flexibility index (Phi) is 5.79. The maximum atomic E-state index is 11.4. The molecule has 1 heterocycles. The van der Waals surface area contributed by atoms with Crippen molar-refractivity contribution < 1.29 is 19.0 Å². The first-order valence-electron chi connectivity index (χ1n) is 6.97. The fraction of sp³-hybridized carbons (Fsp3) is 0.438. The first-order chi connectivity index (χ1) is 10.1. The molecule has 1 aromatic carbocycles. The van der Waals surface area contributed by atoms with Crippen molar-refractivity contribution in [1.29, 1.82) is 0 Å². The highest BCUT2D eigenvalue weighted by Crippen LogP contribution is 2.26. The van der Waals surface area contributed by atoms with Crippen LogP contribution < -0.4 is 0 Å². The van der Waals surface area contributed by atoms with Gasteiger partial charge in [-0.3, -0.25) is 0 Å². The van der Waals surface area contributed by atoms with Crippen molar-refractivity contribution in [1.82, 2.24) is 0 Å². The predicted molar refractivity (Wildman–Crippen MR) is 81.2 cm³/mol. The molecule has 1 aromatic rings. The van der Waals surface area contributed by atoms with Crippen LogP contribution in [-0.2, 0) is 19.0 Å². The molecule has 5 heteroatoms. The second-order valence-corrected chi connectivity index (χ2v) is 5.23. The van der Waals surface area contributed by atoms with Crippen LogP contribution in [0.5, 0.6) is 0 Å². The molecule has 0 bridgehead atoms. The molecule has 0 aliphatic carbocycles. The summed E-state index contributed by atoms with van der Waals surface area (Å²) in [4.78, 5) is 11.4. The number of hydrogen-bond acceptors (Lipinski definition) is 4. The zero-order valence-electron chi connectivity index (χ0n) is 12.2. The Hall–Kier alpha value is -1.36. The van der Waals surface area contributed by atoms with Gasteiger partial charge in [0.15, 0.2) is 0 Å². The van der Waals surface area contributed by atoms with Gasteiger partial charge >= 0.3 is 5.97 Å². The molecule has 0 saturated carbocycles. The van der Waals surface area contributed by atoms with Crippen LogP contribution in [0.4, 0.5) is 0 Å². The number of carbonyl (C=O) groups is 1. The zero-order chi connectivity index (χ0) is 15.2. The van der Waals surface area contributed by atoms with Crippen molar-refractivity contribution in [3.8, 4) is 0 Å². The summed E-state index contributed by atoms with van der Waals surface area (Å²) in [6, 6.07) is 5.53. The molecule has 0 radical (unpaired) electrons. The van der Waals surface area contributed by atoms with Gasteiger partial charge in [-0.1, -0.05) is 17.7 Å². The normalized spacial score (nSPS) is 18.7. The van der Waals surface area contributed by atoms with E-state index < -0.39 is 0 Å². The summed E-state index contributed by atoms with van der Waals surface area (Å²) < 4.78 is 15.8. The number of epoxide rings is 1. The van der Waals surface area contributed by atoms with Gasteiger partial charge in [0.05, 0.1) is 25.9 Å². The number of hydrogen-bond donors (Lipinski definition) is 0. The standard InChI is InChI=1S/C16H19ClO4/c1-3-19-16(18)7-4-12-8-13(17)5-6-15(12)11(2)20-9-14-10-21-14/h4-8,11,14H,3,9-10H2,1-2H3/t11-,14+/m1/s1. The molecule has 2 atom stereocenters. The van der Waals surface area contributed by atoms with E-state index in [1.165, 1.54) is 6.08 Å². The smallest absolute Gasteiger partial charge is 0.330 e. The maximum Gasteiger partial charge on any atom is 0.330 e. The summed E-state index contributed by atoms with van der Waals surface area (Å²) in [5.41, 5.74) is 1.82. The van der Waals surface area contributed by atoms with Crippen LogP contribution in [0.15, 0.2) is 24.3 Å². The lowest BCUT2D eigenvalue weighted by atomic mass is 10.0. The van der Waals surface area contributed by atoms with Crippen molar-refractivity contribution in [2.24, 2.45) is 0 Å². The Morgan fingerprint density at radius 3 is 3.00 bits per heavy atom. The van der Waals surface area contributed by atoms with Crippen LogP contribution >= 0.6 is 11.6 Å². The summed E-state index contributed by atoms with van der Waals surface area (Å²) in [5.74, 6) is -0.372. The van der Waals surface area contributed by atoms with Crippen LogP contribution in [0.2, 0.25) is 5.02 Å². The highest BCUT2D eigenvalue weighted by molar-refractivity contribution is 6.30. The lowest BCUT2D eigenvalue weighted by Crippen LogP contribution is -2.07. The van der Waals surface area contributed by atoms with Gasteiger partial charge in [0, 0.05) is 11.1 Å². The summed E-state index contributed by atoms with van der Waals surface area (Å²) in [6.45, 7) is 5.43. The molecular weight excluding hydrogens is 292 g/mol. The summed E-state index contributed by atoms with van der Waals surface area (Å²) in [5, 5.41) is 0.611. The SMILES string of the molecule is CCOC(=O)C=Cc1cc(Cl)ccc1[C@@H](C)OC[C@H]1CO1. The molecule has 114 valence electrons. The van der Waals surface area contributed by atoms with Crippen LogP contribution in [0.25, 0.3) is 6.08 Å². The molecule has 2 rings (SSSR count). The molecular formula is C16H19ClO4. The van der Waals surface area contributed by atoms with E-state index in [1.54, 1.807) is 19.1 Å². The lowest BCUT2D eigenvalue weighted by Gasteiger charge is -2.15. The maximum absolute atomic E-state index is 11.4. The average molecular weight is 311 g/mol. The molecule has 1 aliphatic rings. The zero-order valence-corrected chi connectivity index (χ0v) is 12.9. The van der Waals surface area contributed by atoms with E-state index in [4.69, 9.17) is 25.8 Å². The third-order valence-electron chi connectivity index (χ3n) is 3.11. The summed E-state index contributed by atoms with van der Waals surface area (Å²) in [6.07, 6.45) is 3.22. The molecule has 1 fully saturated rings. The second kappa shape index (κ2) is 7.59. The Balaban J connectivity index is 2.09. The van der Waals surface area contributed by atoms with Gasteiger partial charge in [-0.15, -0.1) is 0 Å². The number of benzene rings is 1. The molecule has 1 aliphatic heterocycles. The molecule has 1 saturated heterocycles. The van der Waals surface area contributed by atoms with E-state index in [0.717, 1.165) is 17.7 Å². The molecule has 0 amide bonds. The fourth-order valence-electron chi connectivity index (χ4n) is 1.91. The van der Waals surface area contributed by atoms with Crippen LogP contribution in [0, 0.1) is 0 Å². The van der Waals surface area contributed by atoms with Gasteiger partial charge in [0.1, 0.15) is 6.10 Å². The molecule has 0 N–H and O–H groups in total. The highest BCUT2D eigenvalue weighted by atomic mass is 35.5. The predicted octanol–water partition coefficient (Wildman–Crippen LogP) is 3.39. The second-order valence-electron chi connectivity index (χ2n) is 4.79. The van der Waals surface area contributed by atoms with Crippen molar-refractivity contribution in [3.05, 3.63) is 40.4 Å². The Morgan fingerprint density at radius 1 is 1.57 bits per heavy atom. The first kappa shape index (κ1) is 16.0. The monoisotopic (exact) mass is 310 g/mol. The van der Waals surface area contributed by atoms with Crippen molar-refractivity contribution in [2.45, 2.75) is 26.1 Å². The number of carbonyl (C=O) groups excluding carboxylic acids is 1. The van der Waals surface area contributed by atoms with Crippen molar-refractivity contribution >= 4 is 23.6 Å². The first-order valence-corrected chi connectivity index (χ1v) is 7.35. The van der Waals surface area contributed by atoms with E-state index in [1.807, 2.05) is 19.1 Å². The average Bonchev–Trinajstić information content (AvgIpc) is 3.27. The Labute approximate surface area is 129 Å².